The van der Waals surface area contributed by atoms with Crippen molar-refractivity contribution in [3.05, 3.63) is 17.5 Å². The smallest absolute Gasteiger partial charge is 0.237 e. The summed E-state index contributed by atoms with van der Waals surface area (Å²) in [7, 11) is 0. The molecule has 0 bridgehead atoms. The Morgan fingerprint density at radius 1 is 1.69 bits per heavy atom. The molecule has 5 nitrogen and oxygen atoms in total. The second kappa shape index (κ2) is 5.65. The van der Waals surface area contributed by atoms with Crippen LogP contribution in [0.3, 0.4) is 0 Å². The molecule has 2 atom stereocenters. The predicted octanol–water partition coefficient (Wildman–Crippen LogP) is 0.973. The van der Waals surface area contributed by atoms with E-state index in [1.165, 1.54) is 0 Å². The van der Waals surface area contributed by atoms with Gasteiger partial charge in [-0.25, -0.2) is 0 Å². The van der Waals surface area contributed by atoms with E-state index in [9.17, 15) is 4.79 Å². The van der Waals surface area contributed by atoms with Gasteiger partial charge in [-0.05, 0) is 12.8 Å². The Morgan fingerprint density at radius 2 is 2.38 bits per heavy atom. The molecule has 16 heavy (non-hydrogen) atoms. The molecule has 1 aromatic rings. The molecular formula is C11H19N3O2. The zero-order chi connectivity index (χ0) is 12.1. The van der Waals surface area contributed by atoms with Crippen LogP contribution in [0, 0.1) is 12.8 Å². The van der Waals surface area contributed by atoms with Gasteiger partial charge in [0.2, 0.25) is 5.91 Å². The third-order valence-electron chi connectivity index (χ3n) is 2.68. The van der Waals surface area contributed by atoms with Crippen LogP contribution >= 0.6 is 0 Å². The Hall–Kier alpha value is -1.36. The lowest BCUT2D eigenvalue weighted by Gasteiger charge is -2.17. The maximum Gasteiger partial charge on any atom is 0.237 e. The van der Waals surface area contributed by atoms with Crippen LogP contribution in [-0.2, 0) is 11.3 Å². The molecule has 0 aliphatic rings. The lowest BCUT2D eigenvalue weighted by molar-refractivity contribution is -0.123. The molecule has 5 heteroatoms. The summed E-state index contributed by atoms with van der Waals surface area (Å²) in [5.74, 6) is 0.768. The molecule has 0 aliphatic carbocycles. The highest BCUT2D eigenvalue weighted by atomic mass is 16.5. The standard InChI is InChI=1S/C11H19N3O2/c1-4-7(2)10(12)11(15)13-6-9-5-8(3)16-14-9/h5,7,10H,4,6,12H2,1-3H3,(H,13,15). The Balaban J connectivity index is 2.40. The third-order valence-corrected chi connectivity index (χ3v) is 2.68. The number of nitrogens with two attached hydrogens (primary N) is 1. The molecule has 0 saturated heterocycles. The number of carbonyl (C=O) groups excluding carboxylic acids is 1. The average molecular weight is 225 g/mol. The minimum atomic E-state index is -0.460. The number of aryl methyl sites for hydroxylation is 1. The van der Waals surface area contributed by atoms with Crippen molar-refractivity contribution in [3.63, 3.8) is 0 Å². The number of nitrogens with zero attached hydrogens (tertiary/aromatic N) is 1. The van der Waals surface area contributed by atoms with Gasteiger partial charge in [-0.2, -0.15) is 0 Å². The van der Waals surface area contributed by atoms with Gasteiger partial charge < -0.3 is 15.6 Å². The fourth-order valence-corrected chi connectivity index (χ4v) is 1.31. The topological polar surface area (TPSA) is 81.2 Å². The van der Waals surface area contributed by atoms with E-state index in [-0.39, 0.29) is 11.8 Å². The Bertz CT molecular complexity index is 349. The summed E-state index contributed by atoms with van der Waals surface area (Å²) in [4.78, 5) is 11.6. The highest BCUT2D eigenvalue weighted by Crippen LogP contribution is 2.06. The molecular weight excluding hydrogens is 206 g/mol. The monoisotopic (exact) mass is 225 g/mol. The van der Waals surface area contributed by atoms with E-state index in [4.69, 9.17) is 10.3 Å². The molecule has 2 unspecified atom stereocenters. The minimum absolute atomic E-state index is 0.144. The van der Waals surface area contributed by atoms with Crippen molar-refractivity contribution in [2.75, 3.05) is 0 Å². The SMILES string of the molecule is CCC(C)C(N)C(=O)NCc1cc(C)on1. The van der Waals surface area contributed by atoms with Gasteiger partial charge in [0, 0.05) is 6.07 Å². The predicted molar refractivity (Wildman–Crippen MR) is 60.5 cm³/mol. The quantitative estimate of drug-likeness (QED) is 0.782. The first-order valence-corrected chi connectivity index (χ1v) is 5.50. The van der Waals surface area contributed by atoms with Gasteiger partial charge in [0.25, 0.3) is 0 Å². The summed E-state index contributed by atoms with van der Waals surface area (Å²) in [6.07, 6.45) is 0.887. The Labute approximate surface area is 95.4 Å². The molecule has 1 heterocycles. The van der Waals surface area contributed by atoms with E-state index in [0.29, 0.717) is 12.2 Å². The van der Waals surface area contributed by atoms with Crippen LogP contribution < -0.4 is 11.1 Å². The van der Waals surface area contributed by atoms with Crippen molar-refractivity contribution in [1.29, 1.82) is 0 Å². The number of carbonyl (C=O) groups is 1. The van der Waals surface area contributed by atoms with Gasteiger partial charge >= 0.3 is 0 Å². The minimum Gasteiger partial charge on any atom is -0.361 e. The number of aromatic nitrogens is 1. The van der Waals surface area contributed by atoms with Crippen LogP contribution in [0.15, 0.2) is 10.6 Å². The molecule has 0 saturated carbocycles. The molecule has 0 spiro atoms. The van der Waals surface area contributed by atoms with Crippen LogP contribution in [0.25, 0.3) is 0 Å². The van der Waals surface area contributed by atoms with Crippen molar-refractivity contribution >= 4 is 5.91 Å². The number of rotatable bonds is 5. The Kier molecular flexibility index (Phi) is 4.49. The summed E-state index contributed by atoms with van der Waals surface area (Å²) in [5, 5.41) is 6.52. The van der Waals surface area contributed by atoms with Crippen LogP contribution in [0.2, 0.25) is 0 Å². The molecule has 0 aromatic carbocycles. The van der Waals surface area contributed by atoms with E-state index in [1.54, 1.807) is 6.07 Å². The van der Waals surface area contributed by atoms with Gasteiger partial charge in [-0.3, -0.25) is 4.79 Å². The molecule has 1 rings (SSSR count). The molecule has 0 aliphatic heterocycles. The van der Waals surface area contributed by atoms with Crippen LogP contribution in [-0.4, -0.2) is 17.1 Å². The van der Waals surface area contributed by atoms with E-state index >= 15 is 0 Å². The van der Waals surface area contributed by atoms with Gasteiger partial charge in [-0.15, -0.1) is 0 Å². The van der Waals surface area contributed by atoms with E-state index in [2.05, 4.69) is 10.5 Å². The molecule has 90 valence electrons. The number of hydrogen-bond donors (Lipinski definition) is 2. The van der Waals surface area contributed by atoms with Crippen LogP contribution in [0.5, 0.6) is 0 Å². The number of hydrogen-bond acceptors (Lipinski definition) is 4. The summed E-state index contributed by atoms with van der Waals surface area (Å²) >= 11 is 0. The first-order valence-electron chi connectivity index (χ1n) is 5.50. The molecule has 1 aromatic heterocycles. The van der Waals surface area contributed by atoms with Crippen molar-refractivity contribution in [2.45, 2.75) is 39.8 Å². The van der Waals surface area contributed by atoms with Crippen LogP contribution in [0.1, 0.15) is 31.7 Å². The number of amides is 1. The zero-order valence-corrected chi connectivity index (χ0v) is 9.99. The average Bonchev–Trinajstić information content (AvgIpc) is 2.69. The van der Waals surface area contributed by atoms with Crippen molar-refractivity contribution in [1.82, 2.24) is 10.5 Å². The highest BCUT2D eigenvalue weighted by Gasteiger charge is 2.19. The van der Waals surface area contributed by atoms with Crippen molar-refractivity contribution in [2.24, 2.45) is 11.7 Å². The number of nitrogens with one attached hydrogen (secondary N) is 1. The summed E-state index contributed by atoms with van der Waals surface area (Å²) < 4.78 is 4.89. The van der Waals surface area contributed by atoms with Crippen molar-refractivity contribution in [3.8, 4) is 0 Å². The van der Waals surface area contributed by atoms with Gasteiger partial charge in [-0.1, -0.05) is 25.4 Å². The maximum atomic E-state index is 11.6. The molecule has 0 fully saturated rings. The van der Waals surface area contributed by atoms with Crippen LogP contribution in [0.4, 0.5) is 0 Å². The normalized spacial score (nSPS) is 14.5. The largest absolute Gasteiger partial charge is 0.361 e. The highest BCUT2D eigenvalue weighted by molar-refractivity contribution is 5.81. The van der Waals surface area contributed by atoms with E-state index in [1.807, 2.05) is 20.8 Å². The summed E-state index contributed by atoms with van der Waals surface area (Å²) in [6.45, 7) is 6.15. The molecule has 0 radical (unpaired) electrons. The van der Waals surface area contributed by atoms with Gasteiger partial charge in [0.05, 0.1) is 12.6 Å². The molecule has 3 N–H and O–H groups in total. The second-order valence-electron chi connectivity index (χ2n) is 4.06. The zero-order valence-electron chi connectivity index (χ0n) is 9.99. The molecule has 1 amide bonds. The second-order valence-corrected chi connectivity index (χ2v) is 4.06. The first-order chi connectivity index (χ1) is 7.54. The lowest BCUT2D eigenvalue weighted by atomic mass is 9.99. The van der Waals surface area contributed by atoms with E-state index in [0.717, 1.165) is 12.2 Å². The van der Waals surface area contributed by atoms with Gasteiger partial charge in [0.1, 0.15) is 11.5 Å². The Morgan fingerprint density at radius 3 is 2.88 bits per heavy atom. The third kappa shape index (κ3) is 3.34. The van der Waals surface area contributed by atoms with E-state index < -0.39 is 6.04 Å². The lowest BCUT2D eigenvalue weighted by Crippen LogP contribution is -2.44. The fraction of sp³-hybridized carbons (Fsp3) is 0.636. The summed E-state index contributed by atoms with van der Waals surface area (Å²) in [6, 6.07) is 1.33. The fourth-order valence-electron chi connectivity index (χ4n) is 1.31. The summed E-state index contributed by atoms with van der Waals surface area (Å²) in [5.41, 5.74) is 6.50. The first kappa shape index (κ1) is 12.7. The van der Waals surface area contributed by atoms with Gasteiger partial charge in [0.15, 0.2) is 0 Å². The maximum absolute atomic E-state index is 11.6. The van der Waals surface area contributed by atoms with Crippen molar-refractivity contribution < 1.29 is 9.32 Å².